The lowest BCUT2D eigenvalue weighted by molar-refractivity contribution is 0.519. The van der Waals surface area contributed by atoms with Crippen LogP contribution in [0.25, 0.3) is 0 Å². The van der Waals surface area contributed by atoms with Gasteiger partial charge in [0.05, 0.1) is 4.90 Å². The van der Waals surface area contributed by atoms with Crippen molar-refractivity contribution in [3.63, 3.8) is 0 Å². The van der Waals surface area contributed by atoms with Crippen LogP contribution in [0.1, 0.15) is 11.1 Å². The molecule has 0 bridgehead atoms. The normalized spacial score (nSPS) is 12.3. The molecule has 0 aliphatic rings. The Morgan fingerprint density at radius 1 is 1.04 bits per heavy atom. The van der Waals surface area contributed by atoms with Gasteiger partial charge in [-0.25, -0.2) is 12.7 Å². The molecule has 27 heavy (non-hydrogen) atoms. The fourth-order valence-electron chi connectivity index (χ4n) is 2.34. The molecule has 0 radical (unpaired) electrons. The number of aliphatic imine (C=N–C) groups is 1. The van der Waals surface area contributed by atoms with Crippen molar-refractivity contribution in [1.82, 2.24) is 14.9 Å². The molecule has 0 aliphatic carbocycles. The van der Waals surface area contributed by atoms with Crippen LogP contribution in [0.2, 0.25) is 10.0 Å². The molecule has 0 aromatic heterocycles. The van der Waals surface area contributed by atoms with E-state index in [2.05, 4.69) is 15.6 Å². The van der Waals surface area contributed by atoms with E-state index in [1.165, 1.54) is 18.4 Å². The maximum atomic E-state index is 12.5. The second-order valence-electron chi connectivity index (χ2n) is 5.91. The second kappa shape index (κ2) is 9.41. The van der Waals surface area contributed by atoms with Crippen LogP contribution in [0.15, 0.2) is 52.4 Å². The van der Waals surface area contributed by atoms with Crippen LogP contribution in [0.3, 0.4) is 0 Å². The number of benzene rings is 2. The van der Waals surface area contributed by atoms with E-state index < -0.39 is 10.0 Å². The zero-order valence-corrected chi connectivity index (χ0v) is 17.7. The highest BCUT2D eigenvalue weighted by atomic mass is 35.5. The third-order valence-corrected chi connectivity index (χ3v) is 6.36. The van der Waals surface area contributed by atoms with Gasteiger partial charge >= 0.3 is 0 Å². The molecule has 2 rings (SSSR count). The molecule has 2 aromatic rings. The van der Waals surface area contributed by atoms with Crippen LogP contribution in [0.4, 0.5) is 0 Å². The molecule has 2 aromatic carbocycles. The van der Waals surface area contributed by atoms with Crippen LogP contribution in [-0.4, -0.2) is 39.8 Å². The number of sulfonamides is 1. The van der Waals surface area contributed by atoms with Gasteiger partial charge in [-0.1, -0.05) is 47.5 Å². The number of hydrogen-bond donors (Lipinski definition) is 2. The van der Waals surface area contributed by atoms with Gasteiger partial charge in [-0.05, 0) is 29.3 Å². The molecule has 0 unspecified atom stereocenters. The van der Waals surface area contributed by atoms with E-state index in [0.29, 0.717) is 34.7 Å². The highest BCUT2D eigenvalue weighted by molar-refractivity contribution is 7.89. The van der Waals surface area contributed by atoms with E-state index in [1.54, 1.807) is 43.4 Å². The first-order valence-electron chi connectivity index (χ1n) is 8.14. The van der Waals surface area contributed by atoms with Gasteiger partial charge < -0.3 is 10.6 Å². The lowest BCUT2D eigenvalue weighted by Crippen LogP contribution is -2.37. The summed E-state index contributed by atoms with van der Waals surface area (Å²) in [6, 6.07) is 12.2. The summed E-state index contributed by atoms with van der Waals surface area (Å²) >= 11 is 12.1. The molecule has 6 nitrogen and oxygen atoms in total. The Morgan fingerprint density at radius 3 is 2.26 bits per heavy atom. The summed E-state index contributed by atoms with van der Waals surface area (Å²) in [4.78, 5) is 4.42. The molecule has 146 valence electrons. The molecular weight excluding hydrogens is 407 g/mol. The predicted molar refractivity (Wildman–Crippen MR) is 111 cm³/mol. The van der Waals surface area contributed by atoms with E-state index in [1.807, 2.05) is 6.07 Å². The summed E-state index contributed by atoms with van der Waals surface area (Å²) in [5.41, 5.74) is 1.53. The average Bonchev–Trinajstić information content (AvgIpc) is 2.63. The Bertz CT molecular complexity index is 931. The Kier molecular flexibility index (Phi) is 7.49. The van der Waals surface area contributed by atoms with Crippen molar-refractivity contribution in [2.75, 3.05) is 21.1 Å². The fraction of sp³-hybridized carbons (Fsp3) is 0.278. The molecule has 0 aliphatic heterocycles. The summed E-state index contributed by atoms with van der Waals surface area (Å²) in [7, 11) is 1.14. The lowest BCUT2D eigenvalue weighted by Gasteiger charge is -2.17. The SMILES string of the molecule is CN=C(NCc1ccc(Cl)cc1Cl)NCc1ccccc1S(=O)(=O)N(C)C. The Morgan fingerprint density at radius 2 is 1.67 bits per heavy atom. The van der Waals surface area contributed by atoms with Gasteiger partial charge in [0, 0.05) is 44.3 Å². The summed E-state index contributed by atoms with van der Waals surface area (Å²) in [6.45, 7) is 0.755. The number of nitrogens with zero attached hydrogens (tertiary/aromatic N) is 2. The third kappa shape index (κ3) is 5.59. The summed E-state index contributed by atoms with van der Waals surface area (Å²) < 4.78 is 26.1. The van der Waals surface area contributed by atoms with Crippen LogP contribution < -0.4 is 10.6 Å². The maximum Gasteiger partial charge on any atom is 0.242 e. The zero-order chi connectivity index (χ0) is 20.0. The number of halogens is 2. The predicted octanol–water partition coefficient (Wildman–Crippen LogP) is 3.11. The van der Waals surface area contributed by atoms with Crippen molar-refractivity contribution < 1.29 is 8.42 Å². The van der Waals surface area contributed by atoms with Gasteiger partial charge in [0.15, 0.2) is 5.96 Å². The minimum Gasteiger partial charge on any atom is -0.352 e. The van der Waals surface area contributed by atoms with Gasteiger partial charge in [0.1, 0.15) is 0 Å². The first-order chi connectivity index (χ1) is 12.8. The molecule has 0 amide bonds. The standard InChI is InChI=1S/C18H22Cl2N4O2S/c1-21-18(22-11-13-8-9-15(19)10-16(13)20)23-12-14-6-4-5-7-17(14)27(25,26)24(2)3/h4-10H,11-12H2,1-3H3,(H2,21,22,23). The topological polar surface area (TPSA) is 73.8 Å². The van der Waals surface area contributed by atoms with Gasteiger partial charge in [0.25, 0.3) is 0 Å². The highest BCUT2D eigenvalue weighted by Gasteiger charge is 2.20. The molecule has 0 atom stereocenters. The molecule has 0 spiro atoms. The van der Waals surface area contributed by atoms with Crippen LogP contribution >= 0.6 is 23.2 Å². The largest absolute Gasteiger partial charge is 0.352 e. The first-order valence-corrected chi connectivity index (χ1v) is 10.3. The Balaban J connectivity index is 2.07. The molecular formula is C18H22Cl2N4O2S. The Hall–Kier alpha value is -1.80. The third-order valence-electron chi connectivity index (χ3n) is 3.86. The van der Waals surface area contributed by atoms with Gasteiger partial charge in [0.2, 0.25) is 10.0 Å². The molecule has 2 N–H and O–H groups in total. The maximum absolute atomic E-state index is 12.5. The highest BCUT2D eigenvalue weighted by Crippen LogP contribution is 2.21. The number of hydrogen-bond acceptors (Lipinski definition) is 3. The lowest BCUT2D eigenvalue weighted by atomic mass is 10.2. The Labute approximate surface area is 170 Å². The number of rotatable bonds is 6. The smallest absolute Gasteiger partial charge is 0.242 e. The molecule has 9 heteroatoms. The molecule has 0 saturated heterocycles. The van der Waals surface area contributed by atoms with Gasteiger partial charge in [-0.3, -0.25) is 4.99 Å². The minimum atomic E-state index is -3.52. The van der Waals surface area contributed by atoms with Crippen molar-refractivity contribution in [2.45, 2.75) is 18.0 Å². The van der Waals surface area contributed by atoms with Crippen molar-refractivity contribution in [3.05, 3.63) is 63.6 Å². The van der Waals surface area contributed by atoms with Crippen molar-refractivity contribution in [2.24, 2.45) is 4.99 Å². The van der Waals surface area contributed by atoms with Crippen molar-refractivity contribution >= 4 is 39.2 Å². The molecule has 0 heterocycles. The van der Waals surface area contributed by atoms with Crippen LogP contribution in [0.5, 0.6) is 0 Å². The molecule has 0 saturated carbocycles. The number of guanidine groups is 1. The van der Waals surface area contributed by atoms with E-state index in [4.69, 9.17) is 23.2 Å². The monoisotopic (exact) mass is 428 g/mol. The van der Waals surface area contributed by atoms with E-state index in [-0.39, 0.29) is 4.90 Å². The van der Waals surface area contributed by atoms with Crippen molar-refractivity contribution in [3.8, 4) is 0 Å². The minimum absolute atomic E-state index is 0.263. The average molecular weight is 429 g/mol. The van der Waals surface area contributed by atoms with E-state index in [0.717, 1.165) is 5.56 Å². The van der Waals surface area contributed by atoms with E-state index >= 15 is 0 Å². The van der Waals surface area contributed by atoms with Gasteiger partial charge in [-0.15, -0.1) is 0 Å². The fourth-order valence-corrected chi connectivity index (χ4v) is 3.93. The molecule has 0 fully saturated rings. The van der Waals surface area contributed by atoms with Crippen LogP contribution in [-0.2, 0) is 23.1 Å². The number of nitrogens with one attached hydrogen (secondary N) is 2. The van der Waals surface area contributed by atoms with E-state index in [9.17, 15) is 8.42 Å². The zero-order valence-electron chi connectivity index (χ0n) is 15.3. The summed E-state index contributed by atoms with van der Waals surface area (Å²) in [6.07, 6.45) is 0. The second-order valence-corrected chi connectivity index (χ2v) is 8.87. The first kappa shape index (κ1) is 21.5. The van der Waals surface area contributed by atoms with Crippen molar-refractivity contribution in [1.29, 1.82) is 0 Å². The quantitative estimate of drug-likeness (QED) is 0.547. The summed E-state index contributed by atoms with van der Waals surface area (Å²) in [5, 5.41) is 7.41. The van der Waals surface area contributed by atoms with Crippen LogP contribution in [0, 0.1) is 0 Å². The summed E-state index contributed by atoms with van der Waals surface area (Å²) in [5.74, 6) is 0.526. The van der Waals surface area contributed by atoms with Gasteiger partial charge in [-0.2, -0.15) is 0 Å².